The largest absolute Gasteiger partial charge is 0.335 e. The monoisotopic (exact) mass is 338 g/mol. The molecule has 23 heavy (non-hydrogen) atoms. The van der Waals surface area contributed by atoms with Gasteiger partial charge in [-0.05, 0) is 37.1 Å². The number of benzene rings is 1. The van der Waals surface area contributed by atoms with Gasteiger partial charge in [-0.25, -0.2) is 8.42 Å². The Bertz CT molecular complexity index is 725. The van der Waals surface area contributed by atoms with Crippen LogP contribution in [0.4, 0.5) is 5.69 Å². The number of nitro groups is 1. The Morgan fingerprint density at radius 3 is 2.52 bits per heavy atom. The average molecular weight is 338 g/mol. The van der Waals surface area contributed by atoms with Gasteiger partial charge in [-0.1, -0.05) is 0 Å². The summed E-state index contributed by atoms with van der Waals surface area (Å²) in [7, 11) is -3.05. The summed E-state index contributed by atoms with van der Waals surface area (Å²) in [4.78, 5) is 23.9. The molecule has 1 fully saturated rings. The summed E-state index contributed by atoms with van der Waals surface area (Å²) in [6, 6.07) is 5.56. The molecule has 1 atom stereocenters. The van der Waals surface area contributed by atoms with E-state index in [1.54, 1.807) is 23.1 Å². The van der Waals surface area contributed by atoms with E-state index in [2.05, 4.69) is 0 Å². The first-order valence-electron chi connectivity index (χ1n) is 7.26. The zero-order chi connectivity index (χ0) is 17.0. The van der Waals surface area contributed by atoms with Gasteiger partial charge in [-0.2, -0.15) is 0 Å². The minimum atomic E-state index is -3.05. The Kier molecular flexibility index (Phi) is 5.15. The van der Waals surface area contributed by atoms with Gasteiger partial charge in [-0.15, -0.1) is 0 Å². The molecule has 1 unspecified atom stereocenters. The van der Waals surface area contributed by atoms with Crippen LogP contribution in [0.5, 0.6) is 0 Å². The van der Waals surface area contributed by atoms with E-state index < -0.39 is 14.8 Å². The number of nitrogens with zero attached hydrogens (tertiary/aromatic N) is 2. The van der Waals surface area contributed by atoms with E-state index in [1.165, 1.54) is 18.2 Å². The molecule has 0 N–H and O–H groups in total. The molecule has 0 spiro atoms. The second kappa shape index (κ2) is 6.91. The number of sulfone groups is 1. The summed E-state index contributed by atoms with van der Waals surface area (Å²) >= 11 is 0. The molecule has 1 heterocycles. The maximum atomic E-state index is 12.3. The number of nitro benzene ring substituents is 1. The van der Waals surface area contributed by atoms with Gasteiger partial charge < -0.3 is 4.90 Å². The number of amides is 1. The molecular formula is C15H18N2O5S. The van der Waals surface area contributed by atoms with Crippen molar-refractivity contribution in [2.45, 2.75) is 19.4 Å². The van der Waals surface area contributed by atoms with Crippen LogP contribution in [0, 0.1) is 10.1 Å². The van der Waals surface area contributed by atoms with Crippen LogP contribution in [-0.2, 0) is 14.6 Å². The first-order chi connectivity index (χ1) is 10.8. The molecule has 8 heteroatoms. The topological polar surface area (TPSA) is 97.6 Å². The zero-order valence-corrected chi connectivity index (χ0v) is 13.5. The maximum absolute atomic E-state index is 12.3. The van der Waals surface area contributed by atoms with E-state index >= 15 is 0 Å². The summed E-state index contributed by atoms with van der Waals surface area (Å²) in [6.45, 7) is 2.24. The second-order valence-corrected chi connectivity index (χ2v) is 7.59. The Morgan fingerprint density at radius 2 is 2.04 bits per heavy atom. The van der Waals surface area contributed by atoms with Gasteiger partial charge in [-0.3, -0.25) is 14.9 Å². The Morgan fingerprint density at radius 1 is 1.39 bits per heavy atom. The van der Waals surface area contributed by atoms with Crippen molar-refractivity contribution in [1.82, 2.24) is 4.90 Å². The molecular weight excluding hydrogens is 320 g/mol. The number of carbonyl (C=O) groups excluding carboxylic acids is 1. The van der Waals surface area contributed by atoms with Crippen LogP contribution in [0.1, 0.15) is 18.9 Å². The fourth-order valence-electron chi connectivity index (χ4n) is 2.59. The summed E-state index contributed by atoms with van der Waals surface area (Å²) in [5.41, 5.74) is 0.652. The molecule has 1 aliphatic heterocycles. The number of likely N-dealkylation sites (N-methyl/N-ethyl adjacent to an activating group) is 1. The molecule has 0 radical (unpaired) electrons. The highest BCUT2D eigenvalue weighted by Gasteiger charge is 2.33. The molecule has 7 nitrogen and oxygen atoms in total. The highest BCUT2D eigenvalue weighted by molar-refractivity contribution is 7.91. The lowest BCUT2D eigenvalue weighted by Crippen LogP contribution is -2.40. The number of carbonyl (C=O) groups is 1. The minimum Gasteiger partial charge on any atom is -0.335 e. The van der Waals surface area contributed by atoms with Crippen LogP contribution < -0.4 is 0 Å². The third-order valence-electron chi connectivity index (χ3n) is 3.80. The quantitative estimate of drug-likeness (QED) is 0.462. The number of hydrogen-bond acceptors (Lipinski definition) is 5. The van der Waals surface area contributed by atoms with E-state index in [1.807, 2.05) is 6.92 Å². The zero-order valence-electron chi connectivity index (χ0n) is 12.7. The van der Waals surface area contributed by atoms with Crippen molar-refractivity contribution >= 4 is 27.5 Å². The molecule has 1 saturated heterocycles. The van der Waals surface area contributed by atoms with Crippen LogP contribution in [0.25, 0.3) is 6.08 Å². The van der Waals surface area contributed by atoms with Crippen molar-refractivity contribution in [2.24, 2.45) is 0 Å². The summed E-state index contributed by atoms with van der Waals surface area (Å²) in [6.07, 6.45) is 3.40. The molecule has 1 aromatic rings. The lowest BCUT2D eigenvalue weighted by atomic mass is 10.1. The van der Waals surface area contributed by atoms with Gasteiger partial charge in [0.2, 0.25) is 5.91 Å². The van der Waals surface area contributed by atoms with Crippen molar-refractivity contribution in [3.8, 4) is 0 Å². The molecule has 0 bridgehead atoms. The predicted octanol–water partition coefficient (Wildman–Crippen LogP) is 1.64. The van der Waals surface area contributed by atoms with E-state index in [-0.39, 0.29) is 29.1 Å². The van der Waals surface area contributed by atoms with Crippen molar-refractivity contribution in [3.63, 3.8) is 0 Å². The number of rotatable bonds is 5. The van der Waals surface area contributed by atoms with Crippen molar-refractivity contribution in [2.75, 3.05) is 18.1 Å². The summed E-state index contributed by atoms with van der Waals surface area (Å²) < 4.78 is 23.1. The van der Waals surface area contributed by atoms with Crippen LogP contribution >= 0.6 is 0 Å². The third kappa shape index (κ3) is 4.38. The van der Waals surface area contributed by atoms with Crippen LogP contribution in [0.3, 0.4) is 0 Å². The normalized spacial score (nSPS) is 19.8. The van der Waals surface area contributed by atoms with E-state index in [0.29, 0.717) is 18.5 Å². The fourth-order valence-corrected chi connectivity index (χ4v) is 4.32. The van der Waals surface area contributed by atoms with E-state index in [9.17, 15) is 23.3 Å². The minimum absolute atomic E-state index is 0.0119. The van der Waals surface area contributed by atoms with Gasteiger partial charge in [0.1, 0.15) is 0 Å². The van der Waals surface area contributed by atoms with Gasteiger partial charge in [0.15, 0.2) is 9.84 Å². The molecule has 1 aromatic carbocycles. The Balaban J connectivity index is 2.05. The average Bonchev–Trinajstić information content (AvgIpc) is 2.86. The second-order valence-electron chi connectivity index (χ2n) is 5.36. The van der Waals surface area contributed by atoms with Crippen molar-refractivity contribution in [3.05, 3.63) is 46.0 Å². The van der Waals surface area contributed by atoms with E-state index in [0.717, 1.165) is 0 Å². The SMILES string of the molecule is CCN(C(=O)/C=C/c1ccc([N+](=O)[O-])cc1)C1CCS(=O)(=O)C1. The molecule has 0 saturated carbocycles. The highest BCUT2D eigenvalue weighted by Crippen LogP contribution is 2.18. The smallest absolute Gasteiger partial charge is 0.269 e. The van der Waals surface area contributed by atoms with Gasteiger partial charge >= 0.3 is 0 Å². The molecule has 2 rings (SSSR count). The molecule has 124 valence electrons. The summed E-state index contributed by atoms with van der Waals surface area (Å²) in [5.74, 6) is -0.126. The molecule has 1 amide bonds. The lowest BCUT2D eigenvalue weighted by Gasteiger charge is -2.25. The molecule has 1 aliphatic rings. The van der Waals surface area contributed by atoms with Crippen molar-refractivity contribution in [1.29, 1.82) is 0 Å². The Hall–Kier alpha value is -2.22. The number of non-ortho nitro benzene ring substituents is 1. The Labute approximate surface area is 134 Å². The van der Waals surface area contributed by atoms with Crippen LogP contribution in [0.2, 0.25) is 0 Å². The highest BCUT2D eigenvalue weighted by atomic mass is 32.2. The standard InChI is InChI=1S/C15H18N2O5S/c1-2-16(14-9-10-23(21,22)11-14)15(18)8-5-12-3-6-13(7-4-12)17(19)20/h3-8,14H,2,9-11H2,1H3/b8-5+. The summed E-state index contributed by atoms with van der Waals surface area (Å²) in [5, 5.41) is 10.6. The van der Waals surface area contributed by atoms with Crippen LogP contribution in [0.15, 0.2) is 30.3 Å². The number of hydrogen-bond donors (Lipinski definition) is 0. The maximum Gasteiger partial charge on any atom is 0.269 e. The predicted molar refractivity (Wildman–Crippen MR) is 86.6 cm³/mol. The third-order valence-corrected chi connectivity index (χ3v) is 5.55. The van der Waals surface area contributed by atoms with Gasteiger partial charge in [0.25, 0.3) is 5.69 Å². The van der Waals surface area contributed by atoms with Crippen molar-refractivity contribution < 1.29 is 18.1 Å². The van der Waals surface area contributed by atoms with Gasteiger partial charge in [0, 0.05) is 30.8 Å². The fraction of sp³-hybridized carbons (Fsp3) is 0.400. The van der Waals surface area contributed by atoms with E-state index in [4.69, 9.17) is 0 Å². The first-order valence-corrected chi connectivity index (χ1v) is 9.08. The first kappa shape index (κ1) is 17.1. The lowest BCUT2D eigenvalue weighted by molar-refractivity contribution is -0.384. The van der Waals surface area contributed by atoms with Crippen LogP contribution in [-0.4, -0.2) is 48.2 Å². The van der Waals surface area contributed by atoms with Gasteiger partial charge in [0.05, 0.1) is 16.4 Å². The molecule has 0 aromatic heterocycles. The molecule has 0 aliphatic carbocycles.